The molecule has 1 fully saturated rings. The van der Waals surface area contributed by atoms with Crippen molar-refractivity contribution < 1.29 is 65.8 Å². The van der Waals surface area contributed by atoms with Gasteiger partial charge < -0.3 is 9.90 Å². The number of carboxylic acid groups (broad SMARTS) is 1. The molecule has 2 heterocycles. The molecule has 0 bridgehead atoms. The number of carbonyl (C=O) groups is 1. The zero-order chi connectivity index (χ0) is 26.7. The Morgan fingerprint density at radius 1 is 1.00 bits per heavy atom. The summed E-state index contributed by atoms with van der Waals surface area (Å²) in [4.78, 5) is 21.2. The molecular formula is C25H28F6N3NaO2. The first-order chi connectivity index (χ1) is 16.8. The van der Waals surface area contributed by atoms with Crippen LogP contribution in [0.25, 0.3) is 0 Å². The van der Waals surface area contributed by atoms with Gasteiger partial charge in [-0.05, 0) is 68.2 Å². The minimum Gasteiger partial charge on any atom is -0.550 e. The van der Waals surface area contributed by atoms with E-state index < -0.39 is 41.5 Å². The van der Waals surface area contributed by atoms with E-state index in [9.17, 15) is 36.2 Å². The summed E-state index contributed by atoms with van der Waals surface area (Å²) in [6, 6.07) is 3.74. The van der Waals surface area contributed by atoms with Crippen LogP contribution in [0.1, 0.15) is 80.6 Å². The van der Waals surface area contributed by atoms with Crippen LogP contribution in [0, 0.1) is 11.8 Å². The molecule has 2 aromatic rings. The van der Waals surface area contributed by atoms with Gasteiger partial charge in [0.1, 0.15) is 5.82 Å². The topological polar surface area (TPSA) is 69.2 Å². The molecule has 1 saturated heterocycles. The molecule has 0 aliphatic carbocycles. The molecule has 1 aliphatic rings. The Kier molecular flexibility index (Phi) is 11.0. The van der Waals surface area contributed by atoms with Gasteiger partial charge in [-0.25, -0.2) is 9.97 Å². The summed E-state index contributed by atoms with van der Waals surface area (Å²) in [5.74, 6) is -0.985. The Balaban J connectivity index is 0.00000481. The van der Waals surface area contributed by atoms with Crippen molar-refractivity contribution in [3.63, 3.8) is 0 Å². The fourth-order valence-electron chi connectivity index (χ4n) is 4.66. The van der Waals surface area contributed by atoms with Crippen LogP contribution in [0.2, 0.25) is 0 Å². The standard InChI is InChI=1S/C25H29F6N3O2.Na/c1-15(2)3-8-20(23-32-13-19(14-33-23)25(29,30)31)34-10-9-16(12-22(35)36)11-21(34)17-4-6-18(7-5-17)24(26,27)28;/h4-7,13-16,20-21H,3,8-12H2,1-2H3,(H,35,36);/q;+1/p-1/t16-,20-,21+;/m1./s1. The van der Waals surface area contributed by atoms with Gasteiger partial charge in [0.05, 0.1) is 17.2 Å². The number of carbonyl (C=O) groups excluding carboxylic acids is 1. The summed E-state index contributed by atoms with van der Waals surface area (Å²) < 4.78 is 78.5. The van der Waals surface area contributed by atoms with Crippen molar-refractivity contribution in [3.05, 3.63) is 59.2 Å². The van der Waals surface area contributed by atoms with Crippen LogP contribution in [0.15, 0.2) is 36.7 Å². The van der Waals surface area contributed by atoms with Crippen molar-refractivity contribution in [2.75, 3.05) is 6.54 Å². The van der Waals surface area contributed by atoms with E-state index in [-0.39, 0.29) is 53.6 Å². The molecule has 3 rings (SSSR count). The van der Waals surface area contributed by atoms with Gasteiger partial charge in [-0.15, -0.1) is 0 Å². The summed E-state index contributed by atoms with van der Waals surface area (Å²) in [6.45, 7) is 4.39. The number of nitrogens with zero attached hydrogens (tertiary/aromatic N) is 3. The zero-order valence-electron chi connectivity index (χ0n) is 20.9. The molecule has 0 radical (unpaired) electrons. The van der Waals surface area contributed by atoms with Gasteiger partial charge in [-0.3, -0.25) is 4.90 Å². The number of carboxylic acids is 1. The normalized spacial score (nSPS) is 19.9. The number of rotatable bonds is 8. The van der Waals surface area contributed by atoms with Crippen LogP contribution in [-0.4, -0.2) is 27.4 Å². The molecule has 5 nitrogen and oxygen atoms in total. The molecule has 1 aromatic carbocycles. The van der Waals surface area contributed by atoms with Gasteiger partial charge in [0.15, 0.2) is 0 Å². The smallest absolute Gasteiger partial charge is 0.550 e. The van der Waals surface area contributed by atoms with Gasteiger partial charge in [0.25, 0.3) is 0 Å². The molecule has 3 atom stereocenters. The van der Waals surface area contributed by atoms with Crippen molar-refractivity contribution in [3.8, 4) is 0 Å². The van der Waals surface area contributed by atoms with Crippen molar-refractivity contribution in [1.82, 2.24) is 14.9 Å². The van der Waals surface area contributed by atoms with E-state index in [1.165, 1.54) is 12.1 Å². The van der Waals surface area contributed by atoms with Crippen LogP contribution in [0.3, 0.4) is 0 Å². The number of likely N-dealkylation sites (tertiary alicyclic amines) is 1. The van der Waals surface area contributed by atoms with Crippen LogP contribution in [-0.2, 0) is 17.1 Å². The average molecular weight is 539 g/mol. The molecule has 0 unspecified atom stereocenters. The van der Waals surface area contributed by atoms with E-state index in [4.69, 9.17) is 0 Å². The zero-order valence-corrected chi connectivity index (χ0v) is 22.9. The Bertz CT molecular complexity index is 1010. The molecule has 198 valence electrons. The second kappa shape index (κ2) is 12.9. The first kappa shape index (κ1) is 31.5. The number of aromatic nitrogens is 2. The molecule has 1 aliphatic heterocycles. The van der Waals surface area contributed by atoms with E-state index in [1.54, 1.807) is 0 Å². The minimum absolute atomic E-state index is 0. The molecule has 37 heavy (non-hydrogen) atoms. The quantitative estimate of drug-likeness (QED) is 0.381. The van der Waals surface area contributed by atoms with E-state index in [2.05, 4.69) is 9.97 Å². The summed E-state index contributed by atoms with van der Waals surface area (Å²) in [5.41, 5.74) is -1.21. The van der Waals surface area contributed by atoms with Crippen molar-refractivity contribution in [1.29, 1.82) is 0 Å². The Morgan fingerprint density at radius 3 is 2.05 bits per heavy atom. The summed E-state index contributed by atoms with van der Waals surface area (Å²) >= 11 is 0. The molecular weight excluding hydrogens is 511 g/mol. The third-order valence-corrected chi connectivity index (χ3v) is 6.55. The molecule has 0 N–H and O–H groups in total. The summed E-state index contributed by atoms with van der Waals surface area (Å²) in [6.07, 6.45) is -5.73. The predicted molar refractivity (Wildman–Crippen MR) is 117 cm³/mol. The fraction of sp³-hybridized carbons (Fsp3) is 0.560. The molecule has 0 saturated carbocycles. The fourth-order valence-corrected chi connectivity index (χ4v) is 4.66. The Morgan fingerprint density at radius 2 is 1.57 bits per heavy atom. The number of halogens is 6. The molecule has 12 heteroatoms. The number of piperidine rings is 1. The number of hydrogen-bond acceptors (Lipinski definition) is 5. The van der Waals surface area contributed by atoms with Crippen LogP contribution < -0.4 is 34.7 Å². The molecule has 0 spiro atoms. The van der Waals surface area contributed by atoms with Crippen molar-refractivity contribution in [2.24, 2.45) is 11.8 Å². The van der Waals surface area contributed by atoms with E-state index in [0.717, 1.165) is 24.5 Å². The Labute approximate surface area is 234 Å². The number of benzene rings is 1. The first-order valence-corrected chi connectivity index (χ1v) is 11.8. The van der Waals surface area contributed by atoms with Gasteiger partial charge in [-0.1, -0.05) is 26.0 Å². The number of alkyl halides is 6. The van der Waals surface area contributed by atoms with E-state index in [0.29, 0.717) is 37.8 Å². The van der Waals surface area contributed by atoms with E-state index >= 15 is 0 Å². The monoisotopic (exact) mass is 539 g/mol. The number of hydrogen-bond donors (Lipinski definition) is 0. The summed E-state index contributed by atoms with van der Waals surface area (Å²) in [7, 11) is 0. The van der Waals surface area contributed by atoms with Gasteiger partial charge in [-0.2, -0.15) is 26.3 Å². The SMILES string of the molecule is CC(C)CC[C@H](c1ncc(C(F)(F)F)cn1)N1CC[C@@H](CC(=O)[O-])C[C@H]1c1ccc(C(F)(F)F)cc1.[Na+]. The van der Waals surface area contributed by atoms with Crippen molar-refractivity contribution >= 4 is 5.97 Å². The maximum absolute atomic E-state index is 13.1. The first-order valence-electron chi connectivity index (χ1n) is 11.8. The Hall–Kier alpha value is -1.69. The maximum Gasteiger partial charge on any atom is 1.00 e. The van der Waals surface area contributed by atoms with Crippen molar-refractivity contribution in [2.45, 2.75) is 70.4 Å². The summed E-state index contributed by atoms with van der Waals surface area (Å²) in [5, 5.41) is 11.2. The minimum atomic E-state index is -4.59. The second-order valence-corrected chi connectivity index (χ2v) is 9.65. The second-order valence-electron chi connectivity index (χ2n) is 9.65. The third kappa shape index (κ3) is 8.66. The number of aliphatic carboxylic acids is 1. The third-order valence-electron chi connectivity index (χ3n) is 6.55. The van der Waals surface area contributed by atoms with Crippen LogP contribution in [0.5, 0.6) is 0 Å². The van der Waals surface area contributed by atoms with Crippen LogP contribution in [0.4, 0.5) is 26.3 Å². The van der Waals surface area contributed by atoms with Gasteiger partial charge in [0, 0.05) is 24.4 Å². The predicted octanol–water partition coefficient (Wildman–Crippen LogP) is 2.59. The average Bonchev–Trinajstić information content (AvgIpc) is 2.78. The van der Waals surface area contributed by atoms with Gasteiger partial charge in [0.2, 0.25) is 0 Å². The maximum atomic E-state index is 13.1. The van der Waals surface area contributed by atoms with E-state index in [1.807, 2.05) is 18.7 Å². The van der Waals surface area contributed by atoms with Crippen LogP contribution >= 0.6 is 0 Å². The molecule has 1 aromatic heterocycles. The largest absolute Gasteiger partial charge is 1.00 e. The van der Waals surface area contributed by atoms with Gasteiger partial charge >= 0.3 is 41.9 Å². The molecule has 0 amide bonds.